The second kappa shape index (κ2) is 60.2. The number of benzene rings is 5. The first kappa shape index (κ1) is 122. The Kier molecular flexibility index (Phi) is 52.8. The van der Waals surface area contributed by atoms with Gasteiger partial charge in [0.05, 0.1) is 0 Å². The second-order valence-electron chi connectivity index (χ2n) is 31.8. The largest absolute Gasteiger partial charge is 0.405 e. The van der Waals surface area contributed by atoms with Gasteiger partial charge >= 0.3 is 0 Å². The molecular weight excluding hydrogens is 2120 g/mol. The maximum atomic E-state index is 12.6. The van der Waals surface area contributed by atoms with Gasteiger partial charge < -0.3 is 106 Å². The molecule has 7 aliphatic rings. The number of fused-ring (bicyclic) bond motifs is 17. The maximum absolute atomic E-state index is 12.6. The van der Waals surface area contributed by atoms with E-state index >= 15 is 0 Å². The Labute approximate surface area is 944 Å². The molecule has 2 bridgehead atoms. The second-order valence-corrected chi connectivity index (χ2v) is 31.8. The van der Waals surface area contributed by atoms with Gasteiger partial charge in [-0.1, -0.05) is 140 Å². The van der Waals surface area contributed by atoms with E-state index in [0.717, 1.165) is 160 Å². The van der Waals surface area contributed by atoms with Crippen LogP contribution >= 0.6 is 0 Å². The van der Waals surface area contributed by atoms with E-state index in [1.165, 1.54) is 89.9 Å². The van der Waals surface area contributed by atoms with Crippen molar-refractivity contribution in [3.8, 4) is 0 Å². The normalized spacial score (nSPS) is 15.3. The van der Waals surface area contributed by atoms with Crippen LogP contribution in [-0.4, -0.2) is 172 Å². The summed E-state index contributed by atoms with van der Waals surface area (Å²) in [4.78, 5) is 138. The van der Waals surface area contributed by atoms with Crippen LogP contribution in [0.4, 0.5) is 58.2 Å². The first-order valence-electron chi connectivity index (χ1n) is 48.4. The van der Waals surface area contributed by atoms with Crippen LogP contribution in [0, 0.1) is 11.3 Å². The summed E-state index contributed by atoms with van der Waals surface area (Å²) in [7, 11) is 8.71. The molecule has 2 unspecified atom stereocenters. The molecule has 15 aromatic rings. The number of piperazine rings is 1. The van der Waals surface area contributed by atoms with Crippen LogP contribution in [0.3, 0.4) is 0 Å². The van der Waals surface area contributed by atoms with Crippen molar-refractivity contribution < 1.29 is 164 Å². The number of nitrogens with zero attached hydrogens (tertiary/aromatic N) is 20. The summed E-state index contributed by atoms with van der Waals surface area (Å²) >= 11 is 0. The molecule has 15 heterocycles. The van der Waals surface area contributed by atoms with Crippen LogP contribution in [0.25, 0.3) is 109 Å². The van der Waals surface area contributed by atoms with E-state index in [-0.39, 0.29) is 200 Å². The molecule has 1 spiro atoms. The average Bonchev–Trinajstić information content (AvgIpc) is 1.54. The topological polar surface area (TPSA) is 373 Å². The molecule has 726 valence electrons. The molecule has 2 atom stereocenters. The van der Waals surface area contributed by atoms with Crippen molar-refractivity contribution in [3.63, 3.8) is 0 Å². The number of rotatable bonds is 10. The van der Waals surface area contributed by atoms with Crippen molar-refractivity contribution in [3.05, 3.63) is 174 Å². The Balaban J connectivity index is 0.000000294. The van der Waals surface area contributed by atoms with Crippen molar-refractivity contribution in [2.24, 2.45) is 11.3 Å². The predicted octanol–water partition coefficient (Wildman–Crippen LogP) is 16.6. The third-order valence-corrected chi connectivity index (χ3v) is 24.8. The van der Waals surface area contributed by atoms with Gasteiger partial charge in [-0.3, -0.25) is 24.0 Å². The maximum Gasteiger partial charge on any atom is 0.179 e. The Morgan fingerprint density at radius 3 is 0.842 bits per heavy atom. The van der Waals surface area contributed by atoms with Gasteiger partial charge in [-0.25, -0.2) is 24.9 Å². The van der Waals surface area contributed by atoms with Gasteiger partial charge in [0, 0.05) is 372 Å². The summed E-state index contributed by atoms with van der Waals surface area (Å²) in [5, 5.41) is 29.3. The zero-order chi connectivity index (χ0) is 95.4. The molecular formula is C102H135BN26O5Y5-5. The molecule has 31 nitrogen and oxygen atoms in total. The number of aromatic nitrogens is 15. The summed E-state index contributed by atoms with van der Waals surface area (Å²) in [6, 6.07) is 31.0. The van der Waals surface area contributed by atoms with Gasteiger partial charge in [0.1, 0.15) is 29.7 Å². The van der Waals surface area contributed by atoms with Crippen LogP contribution in [0.1, 0.15) is 187 Å². The molecule has 2 saturated carbocycles. The summed E-state index contributed by atoms with van der Waals surface area (Å²) in [6.45, 7) is 39.3. The third kappa shape index (κ3) is 28.8. The van der Waals surface area contributed by atoms with Crippen molar-refractivity contribution in [2.45, 2.75) is 193 Å². The molecule has 7 fully saturated rings. The van der Waals surface area contributed by atoms with Crippen LogP contribution < -0.4 is 109 Å². The van der Waals surface area contributed by atoms with Crippen molar-refractivity contribution >= 4 is 176 Å². The number of hydrogen-bond acceptors (Lipinski definition) is 26. The van der Waals surface area contributed by atoms with Gasteiger partial charge in [-0.15, -0.1) is 0 Å². The Morgan fingerprint density at radius 2 is 0.576 bits per heavy atom. The Morgan fingerprint density at radius 1 is 0.309 bits per heavy atom. The quantitative estimate of drug-likeness (QED) is 0.0547. The van der Waals surface area contributed by atoms with E-state index in [1.54, 1.807) is 66.2 Å². The van der Waals surface area contributed by atoms with Crippen LogP contribution in [0.5, 0.6) is 0 Å². The molecule has 5 aromatic carbocycles. The van der Waals surface area contributed by atoms with Crippen molar-refractivity contribution in [2.75, 3.05) is 158 Å². The van der Waals surface area contributed by atoms with E-state index in [9.17, 15) is 24.0 Å². The summed E-state index contributed by atoms with van der Waals surface area (Å²) in [6.07, 6.45) is 26.6. The number of hydrogen-bond donors (Lipinski definition) is 6. The zero-order valence-corrected chi connectivity index (χ0v) is 99.0. The Hall–Kier alpha value is -7.61. The molecule has 2 aliphatic carbocycles. The first-order chi connectivity index (χ1) is 65.2. The fraction of sp³-hybridized carbons (Fsp3) is 0.461. The molecule has 37 heteroatoms. The molecule has 8 radical (unpaired) electrons. The SMILES string of the molecule is CC.CC.CC.CC.CC.CC.CC.CNc1ncc2c(n1)[n-]c(=O)c1cc(N3CC4CCC3C4)ccc12.CNc1ncc2c(n1)[n-]c(=O)c1cc(N3CCC4(CCCC4)C3)ccc12.CNc1ncc2c(n1)[n-]c(=O)c1cc(N3CCCCC3)ccc12.CNc1ncc2c(n1)[n-]c(=O)c1cc(N3CCCCC3)ccc12.CNc1ncc2c(n1)[n-]c(=O)c1cc(N3CCNCC3)ccc12.[B].[Y].[Y].[Y].[Y].[Y]. The van der Waals surface area contributed by atoms with Gasteiger partial charge in [-0.2, -0.15) is 0 Å². The molecule has 139 heavy (non-hydrogen) atoms. The number of nitrogens with one attached hydrogen (secondary N) is 6. The minimum Gasteiger partial charge on any atom is -0.405 e. The first-order valence-corrected chi connectivity index (χ1v) is 48.4. The van der Waals surface area contributed by atoms with Gasteiger partial charge in [-0.05, 0) is 231 Å². The third-order valence-electron chi connectivity index (χ3n) is 24.8. The summed E-state index contributed by atoms with van der Waals surface area (Å²) in [5.74, 6) is 3.15. The van der Waals surface area contributed by atoms with E-state index in [2.05, 4.69) is 161 Å². The van der Waals surface area contributed by atoms with Crippen molar-refractivity contribution in [1.29, 1.82) is 0 Å². The number of pyridine rings is 5. The fourth-order valence-electron chi connectivity index (χ4n) is 18.5. The molecule has 6 N–H and O–H groups in total. The van der Waals surface area contributed by atoms with E-state index in [0.29, 0.717) is 96.4 Å². The monoisotopic (exact) mass is 2260 g/mol. The summed E-state index contributed by atoms with van der Waals surface area (Å²) in [5.41, 5.74) is 7.09. The summed E-state index contributed by atoms with van der Waals surface area (Å²) < 4.78 is 0. The number of piperidine rings is 3. The minimum absolute atomic E-state index is 0. The Bertz CT molecular complexity index is 6380. The zero-order valence-electron chi connectivity index (χ0n) is 84.8. The van der Waals surface area contributed by atoms with Crippen molar-refractivity contribution in [1.82, 2.24) is 80.1 Å². The standard InChI is InChI=1S/C20H23N5O.C18H19N5O.2C17H19N5O.C16H18N6O.7C2H6.B.5Y/c1-21-19-22-11-16-14-5-4-13(10-15(14)18(26)23-17(16)24-19)25-9-8-20(12-25)6-2-3-7-20;1-19-18-20-8-15-13-5-4-12(23-9-10-2-3-11(23)6-10)7-14(13)17(24)21-16(15)22-18;2*1-18-17-19-10-14-12-6-5-11(22-7-3-2-4-8-22)9-13(12)16(23)20-15(14)21-17;1-17-16-19-9-13-11-3-2-10(22-6-4-18-5-7-22)8-12(11)15(23)20-14(13)21-16;7*1-2;;;;;;/h4-5,10-11H,2-3,6-9,12H2,1H3,(H2,21,22,23,24,26);4-5,7-8,10-11H,2-3,6,9H2,1H3,(H2,19,20,21,22,24);2*5-6,9-10H,2-4,7-8H2,1H3,(H2,18,19,20,21,23);2-3,8-9,18H,4-7H2,1H3,(H2,17,19,20,21,23);7*1-2H3;;;;;;/p-5. The van der Waals surface area contributed by atoms with Gasteiger partial charge in [0.15, 0.2) is 27.8 Å². The number of anilines is 10. The predicted molar refractivity (Wildman–Crippen MR) is 560 cm³/mol. The molecule has 0 amide bonds. The molecule has 5 saturated heterocycles. The molecule has 5 aliphatic heterocycles. The van der Waals surface area contributed by atoms with Crippen LogP contribution in [0.2, 0.25) is 0 Å². The van der Waals surface area contributed by atoms with E-state index in [1.807, 2.05) is 158 Å². The smallest absolute Gasteiger partial charge is 0.179 e. The van der Waals surface area contributed by atoms with E-state index < -0.39 is 0 Å². The van der Waals surface area contributed by atoms with Gasteiger partial charge in [0.2, 0.25) is 0 Å². The van der Waals surface area contributed by atoms with E-state index in [4.69, 9.17) is 0 Å². The van der Waals surface area contributed by atoms with Crippen LogP contribution in [-0.2, 0) is 164 Å². The molecule has 22 rings (SSSR count). The fourth-order valence-corrected chi connectivity index (χ4v) is 18.5. The average molecular weight is 2260 g/mol. The molecule has 10 aromatic heterocycles. The van der Waals surface area contributed by atoms with Gasteiger partial charge in [0.25, 0.3) is 0 Å². The minimum atomic E-state index is -0.245. The van der Waals surface area contributed by atoms with Crippen LogP contribution in [0.15, 0.2) is 146 Å².